The minimum atomic E-state index is -1.21. The lowest BCUT2D eigenvalue weighted by Gasteiger charge is -2.28. The summed E-state index contributed by atoms with van der Waals surface area (Å²) in [7, 11) is 3.01. The van der Waals surface area contributed by atoms with Crippen molar-refractivity contribution in [1.82, 2.24) is 30.6 Å². The second kappa shape index (κ2) is 18.6. The van der Waals surface area contributed by atoms with Gasteiger partial charge in [0.05, 0.1) is 12.1 Å². The predicted molar refractivity (Wildman–Crippen MR) is 208 cm³/mol. The molecule has 6 N–H and O–H groups in total. The third-order valence-electron chi connectivity index (χ3n) is 9.59. The zero-order chi connectivity index (χ0) is 40.4. The molecule has 4 aromatic rings. The van der Waals surface area contributed by atoms with Crippen LogP contribution in [0.25, 0.3) is 11.1 Å². The normalized spacial score (nSPS) is 14.6. The van der Waals surface area contributed by atoms with Crippen LogP contribution in [0.3, 0.4) is 0 Å². The van der Waals surface area contributed by atoms with Gasteiger partial charge in [-0.1, -0.05) is 60.7 Å². The van der Waals surface area contributed by atoms with Crippen molar-refractivity contribution < 1.29 is 33.6 Å². The number of likely N-dealkylation sites (tertiary alicyclic amines) is 1. The number of rotatable bonds is 16. The number of nitrogens with zero attached hydrogens (tertiary/aromatic N) is 3. The summed E-state index contributed by atoms with van der Waals surface area (Å²) in [6, 6.07) is 22.1. The summed E-state index contributed by atoms with van der Waals surface area (Å²) in [5.41, 5.74) is 10.1. The Morgan fingerprint density at radius 2 is 1.59 bits per heavy atom. The first kappa shape index (κ1) is 40.5. The molecule has 0 aliphatic carbocycles. The van der Waals surface area contributed by atoms with Crippen molar-refractivity contribution in [3.8, 4) is 11.1 Å². The van der Waals surface area contributed by atoms with Crippen LogP contribution in [0.4, 0.5) is 5.69 Å². The van der Waals surface area contributed by atoms with Crippen molar-refractivity contribution in [3.63, 3.8) is 0 Å². The number of primary amides is 1. The molecule has 0 radical (unpaired) electrons. The molecule has 56 heavy (non-hydrogen) atoms. The number of carbonyl (C=O) groups excluding carboxylic acids is 7. The van der Waals surface area contributed by atoms with E-state index in [2.05, 4.69) is 26.4 Å². The number of aryl methyl sites for hydroxylation is 2. The Morgan fingerprint density at radius 3 is 2.25 bits per heavy atom. The highest BCUT2D eigenvalue weighted by atomic mass is 16.2. The number of hydrogen-bond donors (Lipinski definition) is 5. The first-order chi connectivity index (χ1) is 26.8. The van der Waals surface area contributed by atoms with E-state index < -0.39 is 59.4 Å². The summed E-state index contributed by atoms with van der Waals surface area (Å²) in [6.45, 7) is 2.10. The standard InChI is InChI=1S/C41H46N8O7/c1-25-21-31(48(3)47-25)24-36(51)45-32(18-19-35(50)40(55)43-2)39(54)44-30-12-7-11-29(23-30)38(53)46-33(41(56)49-20-8-13-34(49)37(42)52)22-26-14-16-28(17-15-26)27-9-5-4-6-10-27/h4-7,9-12,14-17,21,23,32-34H,8,13,18-20,22,24H2,1-3H3,(H2,42,52)(H,43,55)(H,44,54)(H,45,51)(H,46,53). The molecule has 3 unspecified atom stereocenters. The van der Waals surface area contributed by atoms with Gasteiger partial charge in [-0.3, -0.25) is 38.2 Å². The summed E-state index contributed by atoms with van der Waals surface area (Å²) >= 11 is 0. The van der Waals surface area contributed by atoms with Crippen molar-refractivity contribution in [2.75, 3.05) is 18.9 Å². The van der Waals surface area contributed by atoms with Crippen LogP contribution in [-0.2, 0) is 48.7 Å². The van der Waals surface area contributed by atoms with E-state index in [0.29, 0.717) is 30.8 Å². The number of carbonyl (C=O) groups is 7. The Kier molecular flexibility index (Phi) is 13.5. The molecule has 5 rings (SSSR count). The lowest BCUT2D eigenvalue weighted by Crippen LogP contribution is -2.53. The third kappa shape index (κ3) is 10.5. The fourth-order valence-corrected chi connectivity index (χ4v) is 6.67. The Morgan fingerprint density at radius 1 is 0.875 bits per heavy atom. The zero-order valence-corrected chi connectivity index (χ0v) is 31.5. The summed E-state index contributed by atoms with van der Waals surface area (Å²) in [5.74, 6) is -4.43. The fraction of sp³-hybridized carbons (Fsp3) is 0.317. The van der Waals surface area contributed by atoms with Gasteiger partial charge in [0.1, 0.15) is 18.1 Å². The average molecular weight is 763 g/mol. The third-order valence-corrected chi connectivity index (χ3v) is 9.59. The van der Waals surface area contributed by atoms with E-state index in [1.165, 1.54) is 24.1 Å². The van der Waals surface area contributed by atoms with Crippen LogP contribution in [0.1, 0.15) is 53.0 Å². The van der Waals surface area contributed by atoms with E-state index in [-0.39, 0.29) is 36.9 Å². The number of amides is 6. The second-order valence-electron chi connectivity index (χ2n) is 13.7. The number of likely N-dealkylation sites (N-methyl/N-ethyl adjacent to an activating group) is 1. The SMILES string of the molecule is CNC(=O)C(=O)CCC(NC(=O)Cc1cc(C)nn1C)C(=O)Nc1cccc(C(=O)NC(Cc2ccc(-c3ccccc3)cc2)C(=O)N2CCCC2C(N)=O)c1. The van der Waals surface area contributed by atoms with Gasteiger partial charge in [0.15, 0.2) is 0 Å². The van der Waals surface area contributed by atoms with E-state index in [1.54, 1.807) is 36.9 Å². The first-order valence-electron chi connectivity index (χ1n) is 18.3. The maximum absolute atomic E-state index is 14.0. The number of ketones is 1. The molecule has 15 nitrogen and oxygen atoms in total. The van der Waals surface area contributed by atoms with Crippen LogP contribution < -0.4 is 27.0 Å². The summed E-state index contributed by atoms with van der Waals surface area (Å²) < 4.78 is 1.55. The highest BCUT2D eigenvalue weighted by molar-refractivity contribution is 6.36. The van der Waals surface area contributed by atoms with Gasteiger partial charge in [-0.05, 0) is 67.1 Å². The first-order valence-corrected chi connectivity index (χ1v) is 18.3. The minimum Gasteiger partial charge on any atom is -0.368 e. The largest absolute Gasteiger partial charge is 0.368 e. The molecule has 2 heterocycles. The van der Waals surface area contributed by atoms with Gasteiger partial charge >= 0.3 is 0 Å². The molecular weight excluding hydrogens is 716 g/mol. The van der Waals surface area contributed by atoms with Crippen molar-refractivity contribution in [1.29, 1.82) is 0 Å². The molecule has 1 aliphatic rings. The molecule has 0 bridgehead atoms. The molecule has 1 aliphatic heterocycles. The monoisotopic (exact) mass is 762 g/mol. The number of aromatic nitrogens is 2. The number of nitrogens with one attached hydrogen (secondary N) is 4. The van der Waals surface area contributed by atoms with Crippen LogP contribution in [-0.4, -0.2) is 87.6 Å². The Hall–Kier alpha value is -6.64. The molecule has 1 aromatic heterocycles. The van der Waals surface area contributed by atoms with Crippen LogP contribution in [0.5, 0.6) is 0 Å². The molecule has 292 valence electrons. The van der Waals surface area contributed by atoms with Gasteiger partial charge < -0.3 is 31.9 Å². The average Bonchev–Trinajstić information content (AvgIpc) is 3.81. The van der Waals surface area contributed by atoms with E-state index in [0.717, 1.165) is 16.7 Å². The van der Waals surface area contributed by atoms with Crippen LogP contribution >= 0.6 is 0 Å². The van der Waals surface area contributed by atoms with Crippen molar-refractivity contribution in [2.45, 2.75) is 63.6 Å². The maximum Gasteiger partial charge on any atom is 0.287 e. The van der Waals surface area contributed by atoms with Gasteiger partial charge in [0, 0.05) is 50.4 Å². The van der Waals surface area contributed by atoms with Gasteiger partial charge in [0.2, 0.25) is 29.4 Å². The van der Waals surface area contributed by atoms with Gasteiger partial charge in [-0.25, -0.2) is 0 Å². The fourth-order valence-electron chi connectivity index (χ4n) is 6.67. The van der Waals surface area contributed by atoms with Crippen LogP contribution in [0.15, 0.2) is 84.9 Å². The topological polar surface area (TPSA) is 215 Å². The summed E-state index contributed by atoms with van der Waals surface area (Å²) in [6.07, 6.45) is 0.579. The van der Waals surface area contributed by atoms with Gasteiger partial charge in [0.25, 0.3) is 11.8 Å². The smallest absolute Gasteiger partial charge is 0.287 e. The van der Waals surface area contributed by atoms with E-state index >= 15 is 0 Å². The van der Waals surface area contributed by atoms with Gasteiger partial charge in [-0.15, -0.1) is 0 Å². The Bertz CT molecular complexity index is 2100. The lowest BCUT2D eigenvalue weighted by molar-refractivity contribution is -0.138. The van der Waals surface area contributed by atoms with E-state index in [4.69, 9.17) is 5.73 Å². The number of nitrogens with two attached hydrogens (primary N) is 1. The van der Waals surface area contributed by atoms with E-state index in [9.17, 15) is 33.6 Å². The van der Waals surface area contributed by atoms with Crippen molar-refractivity contribution in [3.05, 3.63) is 107 Å². The van der Waals surface area contributed by atoms with Crippen molar-refractivity contribution >= 4 is 46.9 Å². The van der Waals surface area contributed by atoms with Gasteiger partial charge in [-0.2, -0.15) is 5.10 Å². The number of anilines is 1. The molecule has 1 fully saturated rings. The molecule has 1 saturated heterocycles. The molecular formula is C41H46N8O7. The van der Waals surface area contributed by atoms with E-state index in [1.807, 2.05) is 54.6 Å². The predicted octanol–water partition coefficient (Wildman–Crippen LogP) is 1.97. The lowest BCUT2D eigenvalue weighted by atomic mass is 9.99. The molecule has 3 atom stereocenters. The summed E-state index contributed by atoms with van der Waals surface area (Å²) in [4.78, 5) is 92.1. The number of benzene rings is 3. The number of Topliss-reactive ketones (excluding diaryl/α,β-unsaturated/α-hetero) is 1. The molecule has 6 amide bonds. The molecule has 0 spiro atoms. The molecule has 3 aromatic carbocycles. The van der Waals surface area contributed by atoms with Crippen LogP contribution in [0, 0.1) is 6.92 Å². The molecule has 0 saturated carbocycles. The highest BCUT2D eigenvalue weighted by Gasteiger charge is 2.37. The van der Waals surface area contributed by atoms with Crippen LogP contribution in [0.2, 0.25) is 0 Å². The second-order valence-corrected chi connectivity index (χ2v) is 13.7. The summed E-state index contributed by atoms with van der Waals surface area (Å²) in [5, 5.41) is 14.7. The minimum absolute atomic E-state index is 0.0885. The zero-order valence-electron chi connectivity index (χ0n) is 31.5. The maximum atomic E-state index is 14.0. The Labute approximate surface area is 324 Å². The van der Waals surface area contributed by atoms with Crippen molar-refractivity contribution in [2.24, 2.45) is 12.8 Å². The highest BCUT2D eigenvalue weighted by Crippen LogP contribution is 2.23. The molecule has 15 heteroatoms. The number of hydrogen-bond acceptors (Lipinski definition) is 8. The Balaban J connectivity index is 1.32. The quantitative estimate of drug-likeness (QED) is 0.106.